The largest absolute Gasteiger partial charge is 0.309 e. The van der Waals surface area contributed by atoms with E-state index in [1.807, 2.05) is 6.92 Å². The highest BCUT2D eigenvalue weighted by Gasteiger charge is 2.14. The summed E-state index contributed by atoms with van der Waals surface area (Å²) < 4.78 is 0. The molecule has 0 saturated carbocycles. The van der Waals surface area contributed by atoms with Gasteiger partial charge in [0.05, 0.1) is 0 Å². The second-order valence-electron chi connectivity index (χ2n) is 4.68. The SMILES string of the molecule is [C-]#[N+]C(C)c1ccc(C(C)(C)C)cc1. The zero-order chi connectivity index (χ0) is 10.8. The summed E-state index contributed by atoms with van der Waals surface area (Å²) in [6, 6.07) is 8.34. The molecule has 1 nitrogen and oxygen atoms in total. The van der Waals surface area contributed by atoms with Crippen LogP contribution in [0, 0.1) is 6.57 Å². The molecule has 0 fully saturated rings. The maximum atomic E-state index is 6.95. The first kappa shape index (κ1) is 10.8. The molecule has 1 rings (SSSR count). The summed E-state index contributed by atoms with van der Waals surface area (Å²) >= 11 is 0. The van der Waals surface area contributed by atoms with Gasteiger partial charge in [-0.05, 0) is 11.0 Å². The van der Waals surface area contributed by atoms with Gasteiger partial charge in [-0.15, -0.1) is 0 Å². The summed E-state index contributed by atoms with van der Waals surface area (Å²) in [6.45, 7) is 15.5. The van der Waals surface area contributed by atoms with Crippen molar-refractivity contribution < 1.29 is 0 Å². The zero-order valence-electron chi connectivity index (χ0n) is 9.33. The van der Waals surface area contributed by atoms with Crippen LogP contribution < -0.4 is 0 Å². The predicted molar refractivity (Wildman–Crippen MR) is 60.2 cm³/mol. The number of hydrogen-bond donors (Lipinski definition) is 0. The van der Waals surface area contributed by atoms with Crippen molar-refractivity contribution >= 4 is 0 Å². The number of hydrogen-bond acceptors (Lipinski definition) is 0. The predicted octanol–water partition coefficient (Wildman–Crippen LogP) is 3.96. The molecule has 0 aliphatic heterocycles. The van der Waals surface area contributed by atoms with E-state index in [-0.39, 0.29) is 11.5 Å². The first-order chi connectivity index (χ1) is 6.45. The van der Waals surface area contributed by atoms with Crippen molar-refractivity contribution in [2.45, 2.75) is 39.2 Å². The molecular formula is C13H17N. The van der Waals surface area contributed by atoms with E-state index in [0.717, 1.165) is 5.56 Å². The molecule has 0 amide bonds. The summed E-state index contributed by atoms with van der Waals surface area (Å²) in [5.74, 6) is 0. The Labute approximate surface area is 86.6 Å². The molecule has 1 aromatic carbocycles. The van der Waals surface area contributed by atoms with Crippen LogP contribution in [-0.2, 0) is 5.41 Å². The van der Waals surface area contributed by atoms with Crippen LogP contribution in [0.25, 0.3) is 4.85 Å². The average Bonchev–Trinajstić information content (AvgIpc) is 2.15. The Morgan fingerprint density at radius 1 is 1.14 bits per heavy atom. The minimum atomic E-state index is -0.0241. The molecule has 0 spiro atoms. The fourth-order valence-corrected chi connectivity index (χ4v) is 1.34. The smallest absolute Gasteiger partial charge is 0.245 e. The van der Waals surface area contributed by atoms with Crippen LogP contribution in [0.5, 0.6) is 0 Å². The Bertz CT molecular complexity index is 335. The van der Waals surface area contributed by atoms with Gasteiger partial charge in [0, 0.05) is 12.5 Å². The molecular weight excluding hydrogens is 170 g/mol. The topological polar surface area (TPSA) is 4.36 Å². The first-order valence-electron chi connectivity index (χ1n) is 4.92. The normalized spacial score (nSPS) is 13.4. The lowest BCUT2D eigenvalue weighted by Gasteiger charge is -2.18. The molecule has 0 aliphatic carbocycles. The van der Waals surface area contributed by atoms with Crippen LogP contribution in [0.15, 0.2) is 24.3 Å². The van der Waals surface area contributed by atoms with E-state index in [2.05, 4.69) is 49.9 Å². The Hall–Kier alpha value is -1.29. The molecule has 14 heavy (non-hydrogen) atoms. The van der Waals surface area contributed by atoms with Gasteiger partial charge in [0.2, 0.25) is 6.04 Å². The second kappa shape index (κ2) is 3.84. The average molecular weight is 187 g/mol. The molecule has 0 radical (unpaired) electrons. The van der Waals surface area contributed by atoms with Crippen LogP contribution in [0.4, 0.5) is 0 Å². The molecule has 0 aliphatic rings. The quantitative estimate of drug-likeness (QED) is 0.586. The van der Waals surface area contributed by atoms with Crippen molar-refractivity contribution in [1.82, 2.24) is 0 Å². The lowest BCUT2D eigenvalue weighted by Crippen LogP contribution is -2.10. The number of benzene rings is 1. The zero-order valence-corrected chi connectivity index (χ0v) is 9.33. The third-order valence-electron chi connectivity index (χ3n) is 2.45. The summed E-state index contributed by atoms with van der Waals surface area (Å²) in [6.07, 6.45) is 0. The van der Waals surface area contributed by atoms with Crippen molar-refractivity contribution in [1.29, 1.82) is 0 Å². The van der Waals surface area contributed by atoms with Gasteiger partial charge in [-0.3, -0.25) is 0 Å². The molecule has 1 heteroatoms. The molecule has 0 heterocycles. The summed E-state index contributed by atoms with van der Waals surface area (Å²) in [7, 11) is 0. The number of nitrogens with zero attached hydrogens (tertiary/aromatic N) is 1. The Morgan fingerprint density at radius 3 is 2.00 bits per heavy atom. The molecule has 1 atom stereocenters. The minimum Gasteiger partial charge on any atom is -0.309 e. The van der Waals surface area contributed by atoms with E-state index < -0.39 is 0 Å². The van der Waals surface area contributed by atoms with Crippen LogP contribution in [0.2, 0.25) is 0 Å². The lowest BCUT2D eigenvalue weighted by atomic mass is 9.86. The van der Waals surface area contributed by atoms with Gasteiger partial charge in [0.25, 0.3) is 0 Å². The molecule has 0 aromatic heterocycles. The molecule has 1 unspecified atom stereocenters. The third kappa shape index (κ3) is 2.35. The maximum absolute atomic E-state index is 6.95. The Balaban J connectivity index is 2.96. The first-order valence-corrected chi connectivity index (χ1v) is 4.92. The fourth-order valence-electron chi connectivity index (χ4n) is 1.34. The van der Waals surface area contributed by atoms with Crippen molar-refractivity contribution in [2.75, 3.05) is 0 Å². The van der Waals surface area contributed by atoms with E-state index in [4.69, 9.17) is 6.57 Å². The standard InChI is InChI=1S/C13H17N/c1-10(14-5)11-6-8-12(9-7-11)13(2,3)4/h6-10H,1-4H3. The second-order valence-corrected chi connectivity index (χ2v) is 4.68. The molecule has 0 N–H and O–H groups in total. The van der Waals surface area contributed by atoms with Gasteiger partial charge in [0.15, 0.2) is 0 Å². The third-order valence-corrected chi connectivity index (χ3v) is 2.45. The van der Waals surface area contributed by atoms with Gasteiger partial charge in [-0.25, -0.2) is 6.57 Å². The van der Waals surface area contributed by atoms with Crippen LogP contribution in [-0.4, -0.2) is 0 Å². The molecule has 74 valence electrons. The van der Waals surface area contributed by atoms with Crippen molar-refractivity contribution in [2.24, 2.45) is 0 Å². The highest BCUT2D eigenvalue weighted by molar-refractivity contribution is 5.29. The maximum Gasteiger partial charge on any atom is 0.245 e. The van der Waals surface area contributed by atoms with Gasteiger partial charge < -0.3 is 4.85 Å². The summed E-state index contributed by atoms with van der Waals surface area (Å²) in [5.41, 5.74) is 2.62. The van der Waals surface area contributed by atoms with Gasteiger partial charge in [0.1, 0.15) is 0 Å². The van der Waals surface area contributed by atoms with Crippen molar-refractivity contribution in [3.63, 3.8) is 0 Å². The van der Waals surface area contributed by atoms with Crippen LogP contribution in [0.3, 0.4) is 0 Å². The molecule has 0 saturated heterocycles. The van der Waals surface area contributed by atoms with Gasteiger partial charge >= 0.3 is 0 Å². The fraction of sp³-hybridized carbons (Fsp3) is 0.462. The van der Waals surface area contributed by atoms with Gasteiger partial charge in [-0.1, -0.05) is 45.0 Å². The van der Waals surface area contributed by atoms with Gasteiger partial charge in [-0.2, -0.15) is 0 Å². The van der Waals surface area contributed by atoms with E-state index >= 15 is 0 Å². The van der Waals surface area contributed by atoms with E-state index in [9.17, 15) is 0 Å². The Kier molecular flexibility index (Phi) is 2.96. The lowest BCUT2D eigenvalue weighted by molar-refractivity contribution is 0.590. The highest BCUT2D eigenvalue weighted by atomic mass is 14.7. The van der Waals surface area contributed by atoms with E-state index in [0.29, 0.717) is 0 Å². The Morgan fingerprint density at radius 2 is 1.64 bits per heavy atom. The monoisotopic (exact) mass is 187 g/mol. The molecule has 1 aromatic rings. The van der Waals surface area contributed by atoms with E-state index in [1.54, 1.807) is 0 Å². The summed E-state index contributed by atoms with van der Waals surface area (Å²) in [5, 5.41) is 0. The van der Waals surface area contributed by atoms with Crippen molar-refractivity contribution in [3.8, 4) is 0 Å². The van der Waals surface area contributed by atoms with E-state index in [1.165, 1.54) is 5.56 Å². The highest BCUT2D eigenvalue weighted by Crippen LogP contribution is 2.24. The number of rotatable bonds is 1. The minimum absolute atomic E-state index is 0.0241. The van der Waals surface area contributed by atoms with Crippen LogP contribution >= 0.6 is 0 Å². The van der Waals surface area contributed by atoms with Crippen LogP contribution in [0.1, 0.15) is 44.9 Å². The summed E-state index contributed by atoms with van der Waals surface area (Å²) in [4.78, 5) is 3.50. The molecule has 0 bridgehead atoms. The van der Waals surface area contributed by atoms with Crippen molar-refractivity contribution in [3.05, 3.63) is 46.8 Å².